The molecule has 0 unspecified atom stereocenters. The minimum absolute atomic E-state index is 0.0928. The van der Waals surface area contributed by atoms with Crippen molar-refractivity contribution in [2.75, 3.05) is 26.2 Å². The molecule has 5 heteroatoms. The number of carbonyl (C=O) groups excluding carboxylic acids is 1. The number of nitrogens with zero attached hydrogens (tertiary/aromatic N) is 3. The second kappa shape index (κ2) is 8.03. The van der Waals surface area contributed by atoms with E-state index in [0.29, 0.717) is 0 Å². The molecule has 0 saturated carbocycles. The van der Waals surface area contributed by atoms with Crippen molar-refractivity contribution in [3.05, 3.63) is 70.7 Å². The van der Waals surface area contributed by atoms with Gasteiger partial charge in [-0.3, -0.25) is 9.69 Å². The Morgan fingerprint density at radius 3 is 2.56 bits per heavy atom. The summed E-state index contributed by atoms with van der Waals surface area (Å²) in [5.41, 5.74) is 3.36. The van der Waals surface area contributed by atoms with Gasteiger partial charge < -0.3 is 4.90 Å². The summed E-state index contributed by atoms with van der Waals surface area (Å²) in [7, 11) is 0. The van der Waals surface area contributed by atoms with Crippen LogP contribution in [0, 0.1) is 6.92 Å². The van der Waals surface area contributed by atoms with E-state index in [2.05, 4.69) is 42.2 Å². The SMILES string of the molecule is Cc1ccc(/C=C/C(=O)N2CCN(Cc3nc4ccccc4s3)CC2)cc1. The molecule has 1 aliphatic heterocycles. The number of hydrogen-bond donors (Lipinski definition) is 0. The van der Waals surface area contributed by atoms with E-state index in [-0.39, 0.29) is 5.91 Å². The van der Waals surface area contributed by atoms with E-state index in [9.17, 15) is 4.79 Å². The molecule has 0 aliphatic carbocycles. The van der Waals surface area contributed by atoms with Gasteiger partial charge in [-0.25, -0.2) is 4.98 Å². The minimum Gasteiger partial charge on any atom is -0.337 e. The monoisotopic (exact) mass is 377 g/mol. The molecule has 27 heavy (non-hydrogen) atoms. The van der Waals surface area contributed by atoms with Crippen LogP contribution in [0.2, 0.25) is 0 Å². The molecule has 2 aromatic carbocycles. The number of carbonyl (C=O) groups is 1. The van der Waals surface area contributed by atoms with Crippen molar-refractivity contribution in [3.8, 4) is 0 Å². The van der Waals surface area contributed by atoms with E-state index in [0.717, 1.165) is 48.8 Å². The molecule has 138 valence electrons. The summed E-state index contributed by atoms with van der Waals surface area (Å²) in [5, 5.41) is 1.15. The van der Waals surface area contributed by atoms with Gasteiger partial charge in [0, 0.05) is 32.3 Å². The summed E-state index contributed by atoms with van der Waals surface area (Å²) >= 11 is 1.76. The molecule has 3 aromatic rings. The highest BCUT2D eigenvalue weighted by molar-refractivity contribution is 7.18. The zero-order valence-electron chi connectivity index (χ0n) is 15.5. The normalized spacial score (nSPS) is 15.7. The summed E-state index contributed by atoms with van der Waals surface area (Å²) in [4.78, 5) is 21.5. The van der Waals surface area contributed by atoms with Crippen LogP contribution in [0.25, 0.3) is 16.3 Å². The average molecular weight is 378 g/mol. The molecule has 1 aromatic heterocycles. The van der Waals surface area contributed by atoms with Gasteiger partial charge in [0.25, 0.3) is 0 Å². The van der Waals surface area contributed by atoms with Crippen LogP contribution < -0.4 is 0 Å². The molecule has 0 atom stereocenters. The number of aromatic nitrogens is 1. The third kappa shape index (κ3) is 4.43. The number of amides is 1. The van der Waals surface area contributed by atoms with Crippen LogP contribution >= 0.6 is 11.3 Å². The second-order valence-corrected chi connectivity index (χ2v) is 8.04. The molecule has 0 N–H and O–H groups in total. The fourth-order valence-corrected chi connectivity index (χ4v) is 4.27. The lowest BCUT2D eigenvalue weighted by atomic mass is 10.1. The van der Waals surface area contributed by atoms with Gasteiger partial charge in [-0.15, -0.1) is 11.3 Å². The highest BCUT2D eigenvalue weighted by Crippen LogP contribution is 2.23. The molecule has 0 radical (unpaired) electrons. The van der Waals surface area contributed by atoms with Crippen molar-refractivity contribution in [1.82, 2.24) is 14.8 Å². The van der Waals surface area contributed by atoms with Gasteiger partial charge in [-0.05, 0) is 30.7 Å². The Labute approximate surface area is 163 Å². The zero-order valence-corrected chi connectivity index (χ0v) is 16.3. The van der Waals surface area contributed by atoms with Crippen molar-refractivity contribution < 1.29 is 4.79 Å². The number of hydrogen-bond acceptors (Lipinski definition) is 4. The van der Waals surface area contributed by atoms with Gasteiger partial charge in [0.15, 0.2) is 0 Å². The summed E-state index contributed by atoms with van der Waals surface area (Å²) in [5.74, 6) is 0.0928. The zero-order chi connectivity index (χ0) is 18.6. The van der Waals surface area contributed by atoms with E-state index >= 15 is 0 Å². The first kappa shape index (κ1) is 17.9. The Kier molecular flexibility index (Phi) is 5.32. The largest absolute Gasteiger partial charge is 0.337 e. The molecule has 1 amide bonds. The van der Waals surface area contributed by atoms with Crippen molar-refractivity contribution in [2.24, 2.45) is 0 Å². The predicted molar refractivity (Wildman–Crippen MR) is 112 cm³/mol. The molecule has 4 rings (SSSR count). The van der Waals surface area contributed by atoms with Gasteiger partial charge in [0.1, 0.15) is 5.01 Å². The molecule has 1 fully saturated rings. The summed E-state index contributed by atoms with van der Waals surface area (Å²) in [6.07, 6.45) is 3.59. The first-order valence-electron chi connectivity index (χ1n) is 9.28. The Bertz CT molecular complexity index is 920. The smallest absolute Gasteiger partial charge is 0.246 e. The van der Waals surface area contributed by atoms with E-state index in [1.165, 1.54) is 10.3 Å². The molecular formula is C22H23N3OS. The van der Waals surface area contributed by atoms with Crippen LogP contribution in [0.5, 0.6) is 0 Å². The molecule has 2 heterocycles. The van der Waals surface area contributed by atoms with Gasteiger partial charge in [0.05, 0.1) is 16.8 Å². The van der Waals surface area contributed by atoms with E-state index < -0.39 is 0 Å². The van der Waals surface area contributed by atoms with Crippen LogP contribution in [0.4, 0.5) is 0 Å². The van der Waals surface area contributed by atoms with Crippen LogP contribution in [-0.2, 0) is 11.3 Å². The Morgan fingerprint density at radius 2 is 1.81 bits per heavy atom. The number of piperazine rings is 1. The average Bonchev–Trinajstić information content (AvgIpc) is 3.10. The molecule has 4 nitrogen and oxygen atoms in total. The minimum atomic E-state index is 0.0928. The highest BCUT2D eigenvalue weighted by atomic mass is 32.1. The fraction of sp³-hybridized carbons (Fsp3) is 0.273. The fourth-order valence-electron chi connectivity index (χ4n) is 3.26. The number of aryl methyl sites for hydroxylation is 1. The quantitative estimate of drug-likeness (QED) is 0.646. The maximum absolute atomic E-state index is 12.4. The number of thiazole rings is 1. The van der Waals surface area contributed by atoms with Crippen LogP contribution in [0.3, 0.4) is 0 Å². The predicted octanol–water partition coefficient (Wildman–Crippen LogP) is 3.96. The number of benzene rings is 2. The first-order chi connectivity index (χ1) is 13.2. The third-order valence-electron chi connectivity index (χ3n) is 4.88. The maximum Gasteiger partial charge on any atom is 0.246 e. The number of rotatable bonds is 4. The molecule has 0 bridgehead atoms. The molecule has 1 saturated heterocycles. The molecule has 0 spiro atoms. The van der Waals surface area contributed by atoms with E-state index in [4.69, 9.17) is 4.98 Å². The van der Waals surface area contributed by atoms with Crippen molar-refractivity contribution in [1.29, 1.82) is 0 Å². The summed E-state index contributed by atoms with van der Waals surface area (Å²) in [6, 6.07) is 16.5. The first-order valence-corrected chi connectivity index (χ1v) is 10.1. The van der Waals surface area contributed by atoms with Crippen LogP contribution in [-0.4, -0.2) is 46.9 Å². The van der Waals surface area contributed by atoms with Crippen molar-refractivity contribution >= 4 is 33.5 Å². The Hall–Kier alpha value is -2.50. The lowest BCUT2D eigenvalue weighted by molar-refractivity contribution is -0.127. The summed E-state index contributed by atoms with van der Waals surface area (Å²) in [6.45, 7) is 6.23. The van der Waals surface area contributed by atoms with Gasteiger partial charge in [0.2, 0.25) is 5.91 Å². The van der Waals surface area contributed by atoms with Crippen LogP contribution in [0.1, 0.15) is 16.1 Å². The van der Waals surface area contributed by atoms with Gasteiger partial charge >= 0.3 is 0 Å². The number of fused-ring (bicyclic) bond motifs is 1. The topological polar surface area (TPSA) is 36.4 Å². The molecule has 1 aliphatic rings. The van der Waals surface area contributed by atoms with Gasteiger partial charge in [-0.1, -0.05) is 42.0 Å². The maximum atomic E-state index is 12.4. The lowest BCUT2D eigenvalue weighted by Gasteiger charge is -2.33. The Balaban J connectivity index is 1.30. The lowest BCUT2D eigenvalue weighted by Crippen LogP contribution is -2.47. The standard InChI is InChI=1S/C22H23N3OS/c1-17-6-8-18(9-7-17)10-11-22(26)25-14-12-24(13-15-25)16-21-23-19-4-2-3-5-20(19)27-21/h2-11H,12-16H2,1H3/b11-10+. The van der Waals surface area contributed by atoms with Gasteiger partial charge in [-0.2, -0.15) is 0 Å². The van der Waals surface area contributed by atoms with Crippen molar-refractivity contribution in [2.45, 2.75) is 13.5 Å². The third-order valence-corrected chi connectivity index (χ3v) is 5.90. The molecular weight excluding hydrogens is 354 g/mol. The van der Waals surface area contributed by atoms with Crippen molar-refractivity contribution in [3.63, 3.8) is 0 Å². The highest BCUT2D eigenvalue weighted by Gasteiger charge is 2.20. The van der Waals surface area contributed by atoms with E-state index in [1.54, 1.807) is 17.4 Å². The summed E-state index contributed by atoms with van der Waals surface area (Å²) < 4.78 is 1.24. The van der Waals surface area contributed by atoms with E-state index in [1.807, 2.05) is 29.2 Å². The second-order valence-electron chi connectivity index (χ2n) is 6.92. The number of para-hydroxylation sites is 1. The Morgan fingerprint density at radius 1 is 1.07 bits per heavy atom. The van der Waals surface area contributed by atoms with Crippen LogP contribution in [0.15, 0.2) is 54.6 Å².